The van der Waals surface area contributed by atoms with Gasteiger partial charge in [-0.2, -0.15) is 0 Å². The summed E-state index contributed by atoms with van der Waals surface area (Å²) in [4.78, 5) is 24.1. The molecular formula is C17H13Cl3FNO3. The minimum atomic E-state index is -1.11. The smallest absolute Gasteiger partial charge is 0.340 e. The quantitative estimate of drug-likeness (QED) is 0.583. The standard InChI is InChI=1S/C17H13Cl3FNO3/c1-9(16(23)22-8-10-4-2-3-5-12(10)18)25-17(24)11-6-15(21)14(20)7-13(11)19/h2-7,9H,8H2,1H3,(H,22,23)/t9-/m1/s1. The highest BCUT2D eigenvalue weighted by atomic mass is 35.5. The van der Waals surface area contributed by atoms with Crippen molar-refractivity contribution in [1.82, 2.24) is 5.32 Å². The molecule has 0 unspecified atom stereocenters. The van der Waals surface area contributed by atoms with Crippen LogP contribution in [0.5, 0.6) is 0 Å². The molecule has 0 heterocycles. The van der Waals surface area contributed by atoms with Crippen LogP contribution in [0.4, 0.5) is 4.39 Å². The molecule has 1 atom stereocenters. The van der Waals surface area contributed by atoms with Crippen LogP contribution in [0.25, 0.3) is 0 Å². The van der Waals surface area contributed by atoms with Gasteiger partial charge in [-0.25, -0.2) is 9.18 Å². The van der Waals surface area contributed by atoms with Crippen LogP contribution in [-0.2, 0) is 16.1 Å². The lowest BCUT2D eigenvalue weighted by Crippen LogP contribution is -2.35. The number of carbonyl (C=O) groups excluding carboxylic acids is 2. The molecule has 2 rings (SSSR count). The molecule has 0 saturated heterocycles. The van der Waals surface area contributed by atoms with Crippen molar-refractivity contribution < 1.29 is 18.7 Å². The Morgan fingerprint density at radius 2 is 1.80 bits per heavy atom. The summed E-state index contributed by atoms with van der Waals surface area (Å²) in [5.41, 5.74) is 0.508. The normalized spacial score (nSPS) is 11.7. The van der Waals surface area contributed by atoms with Crippen molar-refractivity contribution in [3.8, 4) is 0 Å². The minimum Gasteiger partial charge on any atom is -0.449 e. The van der Waals surface area contributed by atoms with Crippen LogP contribution < -0.4 is 5.32 Å². The van der Waals surface area contributed by atoms with Gasteiger partial charge < -0.3 is 10.1 Å². The van der Waals surface area contributed by atoms with Gasteiger partial charge in [0.2, 0.25) is 0 Å². The van der Waals surface area contributed by atoms with E-state index in [0.717, 1.165) is 17.7 Å². The lowest BCUT2D eigenvalue weighted by atomic mass is 10.2. The van der Waals surface area contributed by atoms with Crippen molar-refractivity contribution in [1.29, 1.82) is 0 Å². The molecule has 1 N–H and O–H groups in total. The maximum atomic E-state index is 13.5. The van der Waals surface area contributed by atoms with E-state index in [1.807, 2.05) is 0 Å². The number of amides is 1. The van der Waals surface area contributed by atoms with E-state index in [4.69, 9.17) is 39.5 Å². The fourth-order valence-electron chi connectivity index (χ4n) is 1.92. The molecule has 0 spiro atoms. The van der Waals surface area contributed by atoms with Crippen molar-refractivity contribution in [2.24, 2.45) is 0 Å². The molecule has 0 aliphatic heterocycles. The van der Waals surface area contributed by atoms with E-state index in [1.54, 1.807) is 24.3 Å². The summed E-state index contributed by atoms with van der Waals surface area (Å²) in [5, 5.41) is 2.83. The molecule has 4 nitrogen and oxygen atoms in total. The van der Waals surface area contributed by atoms with E-state index < -0.39 is 23.8 Å². The molecule has 132 valence electrons. The third-order valence-corrected chi connectivity index (χ3v) is 4.26. The SMILES string of the molecule is C[C@@H](OC(=O)c1cc(F)c(Cl)cc1Cl)C(=O)NCc1ccccc1Cl. The number of halogens is 4. The average molecular weight is 405 g/mol. The molecule has 0 bridgehead atoms. The summed E-state index contributed by atoms with van der Waals surface area (Å²) in [7, 11) is 0. The van der Waals surface area contributed by atoms with Crippen molar-refractivity contribution in [2.75, 3.05) is 0 Å². The number of ether oxygens (including phenoxy) is 1. The second-order valence-electron chi connectivity index (χ2n) is 5.10. The summed E-state index contributed by atoms with van der Waals surface area (Å²) >= 11 is 17.4. The van der Waals surface area contributed by atoms with Crippen LogP contribution in [0.2, 0.25) is 15.1 Å². The molecule has 0 fully saturated rings. The second kappa shape index (κ2) is 8.52. The Hall–Kier alpha value is -1.82. The Labute approximate surface area is 158 Å². The number of hydrogen-bond donors (Lipinski definition) is 1. The first-order chi connectivity index (χ1) is 11.8. The molecule has 0 radical (unpaired) electrons. The van der Waals surface area contributed by atoms with Gasteiger partial charge in [0.1, 0.15) is 5.82 Å². The Morgan fingerprint density at radius 3 is 2.48 bits per heavy atom. The van der Waals surface area contributed by atoms with Gasteiger partial charge in [0.25, 0.3) is 5.91 Å². The molecule has 1 amide bonds. The molecule has 2 aromatic rings. The predicted octanol–water partition coefficient (Wildman–Crippen LogP) is 4.65. The van der Waals surface area contributed by atoms with Crippen molar-refractivity contribution in [3.05, 3.63) is 68.4 Å². The largest absolute Gasteiger partial charge is 0.449 e. The van der Waals surface area contributed by atoms with Gasteiger partial charge >= 0.3 is 5.97 Å². The van der Waals surface area contributed by atoms with Crippen LogP contribution in [0.3, 0.4) is 0 Å². The van der Waals surface area contributed by atoms with Crippen LogP contribution in [-0.4, -0.2) is 18.0 Å². The van der Waals surface area contributed by atoms with Gasteiger partial charge in [-0.1, -0.05) is 53.0 Å². The highest BCUT2D eigenvalue weighted by Gasteiger charge is 2.22. The number of rotatable bonds is 5. The van der Waals surface area contributed by atoms with Crippen LogP contribution in [0.15, 0.2) is 36.4 Å². The van der Waals surface area contributed by atoms with Gasteiger partial charge in [-0.15, -0.1) is 0 Å². The molecule has 8 heteroatoms. The van der Waals surface area contributed by atoms with Gasteiger partial charge in [0.05, 0.1) is 15.6 Å². The molecule has 0 aromatic heterocycles. The summed E-state index contributed by atoms with van der Waals surface area (Å²) < 4.78 is 18.5. The number of carbonyl (C=O) groups is 2. The first-order valence-corrected chi connectivity index (χ1v) is 8.29. The van der Waals surface area contributed by atoms with E-state index in [9.17, 15) is 14.0 Å². The summed E-state index contributed by atoms with van der Waals surface area (Å²) in [6.07, 6.45) is -1.11. The maximum absolute atomic E-state index is 13.5. The highest BCUT2D eigenvalue weighted by Crippen LogP contribution is 2.25. The van der Waals surface area contributed by atoms with Crippen molar-refractivity contribution >= 4 is 46.7 Å². The third kappa shape index (κ3) is 5.08. The van der Waals surface area contributed by atoms with Gasteiger partial charge in [-0.05, 0) is 30.7 Å². The Morgan fingerprint density at radius 1 is 1.12 bits per heavy atom. The Bertz CT molecular complexity index is 814. The van der Waals surface area contributed by atoms with E-state index in [1.165, 1.54) is 6.92 Å². The van der Waals surface area contributed by atoms with Crippen LogP contribution in [0.1, 0.15) is 22.8 Å². The van der Waals surface area contributed by atoms with Crippen molar-refractivity contribution in [3.63, 3.8) is 0 Å². The minimum absolute atomic E-state index is 0.0694. The highest BCUT2D eigenvalue weighted by molar-refractivity contribution is 6.36. The summed E-state index contributed by atoms with van der Waals surface area (Å²) in [6, 6.07) is 8.97. The van der Waals surface area contributed by atoms with Gasteiger partial charge in [0, 0.05) is 11.6 Å². The number of esters is 1. The number of hydrogen-bond acceptors (Lipinski definition) is 3. The topological polar surface area (TPSA) is 55.4 Å². The van der Waals surface area contributed by atoms with Gasteiger partial charge in [0.15, 0.2) is 6.10 Å². The Balaban J connectivity index is 1.98. The molecule has 0 aliphatic carbocycles. The fraction of sp³-hybridized carbons (Fsp3) is 0.176. The van der Waals surface area contributed by atoms with E-state index >= 15 is 0 Å². The lowest BCUT2D eigenvalue weighted by molar-refractivity contribution is -0.129. The Kier molecular flexibility index (Phi) is 6.64. The lowest BCUT2D eigenvalue weighted by Gasteiger charge is -2.14. The van der Waals surface area contributed by atoms with Crippen LogP contribution >= 0.6 is 34.8 Å². The fourth-order valence-corrected chi connectivity index (χ4v) is 2.59. The molecule has 0 aliphatic rings. The molecule has 2 aromatic carbocycles. The second-order valence-corrected chi connectivity index (χ2v) is 6.32. The zero-order valence-electron chi connectivity index (χ0n) is 13.0. The maximum Gasteiger partial charge on any atom is 0.340 e. The zero-order chi connectivity index (χ0) is 18.6. The molecule has 0 saturated carbocycles. The van der Waals surface area contributed by atoms with E-state index in [2.05, 4.69) is 5.32 Å². The third-order valence-electron chi connectivity index (χ3n) is 3.29. The van der Waals surface area contributed by atoms with Crippen LogP contribution in [0, 0.1) is 5.82 Å². The number of nitrogens with one attached hydrogen (secondary N) is 1. The van der Waals surface area contributed by atoms with Crippen molar-refractivity contribution in [2.45, 2.75) is 19.6 Å². The zero-order valence-corrected chi connectivity index (χ0v) is 15.3. The molecule has 25 heavy (non-hydrogen) atoms. The predicted molar refractivity (Wildman–Crippen MR) is 94.6 cm³/mol. The summed E-state index contributed by atoms with van der Waals surface area (Å²) in [5.74, 6) is -2.27. The monoisotopic (exact) mass is 403 g/mol. The molecular weight excluding hydrogens is 392 g/mol. The van der Waals surface area contributed by atoms with E-state index in [0.29, 0.717) is 5.02 Å². The first-order valence-electron chi connectivity index (χ1n) is 7.16. The van der Waals surface area contributed by atoms with E-state index in [-0.39, 0.29) is 22.2 Å². The first kappa shape index (κ1) is 19.5. The van der Waals surface area contributed by atoms with Gasteiger partial charge in [-0.3, -0.25) is 4.79 Å². The number of benzene rings is 2. The average Bonchev–Trinajstić information content (AvgIpc) is 2.56. The summed E-state index contributed by atoms with van der Waals surface area (Å²) in [6.45, 7) is 1.57.